The van der Waals surface area contributed by atoms with Gasteiger partial charge in [0.05, 0.1) is 17.3 Å². The normalized spacial score (nSPS) is 18.1. The molecule has 1 atom stereocenters. The third kappa shape index (κ3) is 5.55. The lowest BCUT2D eigenvalue weighted by Gasteiger charge is -2.24. The average molecular weight is 417 g/mol. The van der Waals surface area contributed by atoms with Gasteiger partial charge in [-0.2, -0.15) is 0 Å². The maximum Gasteiger partial charge on any atom is 0.254 e. The van der Waals surface area contributed by atoms with Gasteiger partial charge >= 0.3 is 0 Å². The van der Waals surface area contributed by atoms with Crippen molar-refractivity contribution in [2.45, 2.75) is 19.5 Å². The van der Waals surface area contributed by atoms with Crippen molar-refractivity contribution < 1.29 is 13.6 Å². The van der Waals surface area contributed by atoms with Crippen LogP contribution in [0.1, 0.15) is 22.8 Å². The minimum Gasteiger partial charge on any atom is -0.368 e. The fraction of sp³-hybridized carbons (Fsp3) is 0.435. The molecule has 1 heterocycles. The molecular formula is C23H30F2N4O. The van der Waals surface area contributed by atoms with Crippen molar-refractivity contribution in [1.82, 2.24) is 15.1 Å². The van der Waals surface area contributed by atoms with Crippen molar-refractivity contribution in [2.75, 3.05) is 51.7 Å². The molecule has 0 aliphatic carbocycles. The standard InChI is InChI=1S/C23H30F2N4O/c1-4-29-11-10-27(2)15-18(16-29)26-23(30)19-12-21(25)22(13-20(19)24)28(3)14-17-8-6-5-7-9-17/h5-9,12-13,18H,4,10-11,14-16H2,1-3H3,(H,26,30). The predicted molar refractivity (Wildman–Crippen MR) is 116 cm³/mol. The topological polar surface area (TPSA) is 38.8 Å². The van der Waals surface area contributed by atoms with Crippen LogP contribution in [0.3, 0.4) is 0 Å². The van der Waals surface area contributed by atoms with Gasteiger partial charge in [0.15, 0.2) is 0 Å². The third-order valence-electron chi connectivity index (χ3n) is 5.55. The van der Waals surface area contributed by atoms with Crippen molar-refractivity contribution in [2.24, 2.45) is 0 Å². The number of hydrogen-bond donors (Lipinski definition) is 1. The Labute approximate surface area is 177 Å². The molecule has 0 radical (unpaired) electrons. The summed E-state index contributed by atoms with van der Waals surface area (Å²) in [5.41, 5.74) is 0.846. The Hall–Kier alpha value is -2.51. The molecule has 1 amide bonds. The van der Waals surface area contributed by atoms with Gasteiger partial charge in [-0.25, -0.2) is 8.78 Å². The second-order valence-electron chi connectivity index (χ2n) is 7.95. The summed E-state index contributed by atoms with van der Waals surface area (Å²) < 4.78 is 29.5. The summed E-state index contributed by atoms with van der Waals surface area (Å²) >= 11 is 0. The minimum absolute atomic E-state index is 0.124. The lowest BCUT2D eigenvalue weighted by molar-refractivity contribution is 0.0920. The van der Waals surface area contributed by atoms with Crippen molar-refractivity contribution >= 4 is 11.6 Å². The molecule has 2 aromatic carbocycles. The number of rotatable bonds is 6. The van der Waals surface area contributed by atoms with E-state index < -0.39 is 17.5 Å². The summed E-state index contributed by atoms with van der Waals surface area (Å²) in [6.07, 6.45) is 0. The second kappa shape index (κ2) is 10.00. The smallest absolute Gasteiger partial charge is 0.254 e. The van der Waals surface area contributed by atoms with Crippen LogP contribution >= 0.6 is 0 Å². The molecule has 1 fully saturated rings. The van der Waals surface area contributed by atoms with E-state index in [-0.39, 0.29) is 17.3 Å². The second-order valence-corrected chi connectivity index (χ2v) is 7.95. The molecule has 30 heavy (non-hydrogen) atoms. The Morgan fingerprint density at radius 3 is 2.57 bits per heavy atom. The van der Waals surface area contributed by atoms with Crippen LogP contribution in [0.25, 0.3) is 0 Å². The van der Waals surface area contributed by atoms with Gasteiger partial charge in [0.1, 0.15) is 11.6 Å². The van der Waals surface area contributed by atoms with Crippen LogP contribution in [0.15, 0.2) is 42.5 Å². The Bertz CT molecular complexity index is 862. The van der Waals surface area contributed by atoms with E-state index in [0.29, 0.717) is 19.6 Å². The Morgan fingerprint density at radius 1 is 1.13 bits per heavy atom. The SMILES string of the molecule is CCN1CCN(C)CC(NC(=O)c2cc(F)c(N(C)Cc3ccccc3)cc2F)C1. The number of hydrogen-bond acceptors (Lipinski definition) is 4. The van der Waals surface area contributed by atoms with Crippen molar-refractivity contribution in [3.05, 3.63) is 65.2 Å². The monoisotopic (exact) mass is 416 g/mol. The molecule has 5 nitrogen and oxygen atoms in total. The van der Waals surface area contributed by atoms with E-state index in [1.54, 1.807) is 11.9 Å². The molecule has 1 unspecified atom stereocenters. The van der Waals surface area contributed by atoms with Gasteiger partial charge in [-0.3, -0.25) is 4.79 Å². The molecule has 2 aromatic rings. The zero-order chi connectivity index (χ0) is 21.7. The highest BCUT2D eigenvalue weighted by Gasteiger charge is 2.24. The van der Waals surface area contributed by atoms with E-state index in [4.69, 9.17) is 0 Å². The first-order valence-corrected chi connectivity index (χ1v) is 10.3. The first kappa shape index (κ1) is 22.2. The van der Waals surface area contributed by atoms with Crippen LogP contribution in [0.5, 0.6) is 0 Å². The van der Waals surface area contributed by atoms with Gasteiger partial charge in [0.2, 0.25) is 0 Å². The molecule has 1 aliphatic rings. The highest BCUT2D eigenvalue weighted by molar-refractivity contribution is 5.95. The van der Waals surface area contributed by atoms with E-state index in [0.717, 1.165) is 37.3 Å². The van der Waals surface area contributed by atoms with Crippen LogP contribution in [-0.2, 0) is 6.54 Å². The first-order valence-electron chi connectivity index (χ1n) is 10.3. The van der Waals surface area contributed by atoms with E-state index in [9.17, 15) is 13.6 Å². The molecule has 1 aliphatic heterocycles. The summed E-state index contributed by atoms with van der Waals surface area (Å²) in [4.78, 5) is 18.7. The number of carbonyl (C=O) groups excluding carboxylic acids is 1. The van der Waals surface area contributed by atoms with Gasteiger partial charge in [0.25, 0.3) is 5.91 Å². The van der Waals surface area contributed by atoms with Crippen molar-refractivity contribution in [1.29, 1.82) is 0 Å². The molecule has 7 heteroatoms. The molecule has 162 valence electrons. The molecule has 0 aromatic heterocycles. The van der Waals surface area contributed by atoms with Gasteiger partial charge in [-0.1, -0.05) is 37.3 Å². The maximum atomic E-state index is 14.8. The minimum atomic E-state index is -0.724. The van der Waals surface area contributed by atoms with Crippen molar-refractivity contribution in [3.63, 3.8) is 0 Å². The van der Waals surface area contributed by atoms with E-state index >= 15 is 0 Å². The van der Waals surface area contributed by atoms with Gasteiger partial charge in [-0.15, -0.1) is 0 Å². The molecule has 0 spiro atoms. The van der Waals surface area contributed by atoms with Crippen molar-refractivity contribution in [3.8, 4) is 0 Å². The van der Waals surface area contributed by atoms with Gasteiger partial charge in [0, 0.05) is 45.8 Å². The number of nitrogens with zero attached hydrogens (tertiary/aromatic N) is 3. The predicted octanol–water partition coefficient (Wildman–Crippen LogP) is 2.97. The summed E-state index contributed by atoms with van der Waals surface area (Å²) in [6, 6.07) is 11.5. The first-order chi connectivity index (χ1) is 14.4. The highest BCUT2D eigenvalue weighted by atomic mass is 19.1. The number of benzene rings is 2. The lowest BCUT2D eigenvalue weighted by Crippen LogP contribution is -2.46. The zero-order valence-electron chi connectivity index (χ0n) is 17.9. The number of amides is 1. The highest BCUT2D eigenvalue weighted by Crippen LogP contribution is 2.24. The summed E-state index contributed by atoms with van der Waals surface area (Å²) in [5.74, 6) is -1.92. The number of likely N-dealkylation sites (N-methyl/N-ethyl adjacent to an activating group) is 2. The molecule has 0 bridgehead atoms. The molecular weight excluding hydrogens is 386 g/mol. The average Bonchev–Trinajstić information content (AvgIpc) is 2.90. The summed E-state index contributed by atoms with van der Waals surface area (Å²) in [6.45, 7) is 6.58. The Balaban J connectivity index is 1.73. The Kier molecular flexibility index (Phi) is 7.39. The number of halogens is 2. The number of anilines is 1. The van der Waals surface area contributed by atoms with Crippen LogP contribution in [0.4, 0.5) is 14.5 Å². The van der Waals surface area contributed by atoms with Gasteiger partial charge < -0.3 is 20.0 Å². The van der Waals surface area contributed by atoms with Crippen LogP contribution in [-0.4, -0.2) is 68.6 Å². The number of carbonyl (C=O) groups is 1. The van der Waals surface area contributed by atoms with E-state index in [1.165, 1.54) is 0 Å². The quantitative estimate of drug-likeness (QED) is 0.786. The number of nitrogens with one attached hydrogen (secondary N) is 1. The Morgan fingerprint density at radius 2 is 1.87 bits per heavy atom. The molecule has 1 N–H and O–H groups in total. The molecule has 3 rings (SSSR count). The van der Waals surface area contributed by atoms with Crippen LogP contribution < -0.4 is 10.2 Å². The van der Waals surface area contributed by atoms with Crippen LogP contribution in [0, 0.1) is 11.6 Å². The third-order valence-corrected chi connectivity index (χ3v) is 5.55. The summed E-state index contributed by atoms with van der Waals surface area (Å²) in [5, 5.41) is 2.88. The fourth-order valence-corrected chi connectivity index (χ4v) is 3.83. The van der Waals surface area contributed by atoms with Gasteiger partial charge in [-0.05, 0) is 25.2 Å². The largest absolute Gasteiger partial charge is 0.368 e. The zero-order valence-corrected chi connectivity index (χ0v) is 17.9. The maximum absolute atomic E-state index is 14.8. The van der Waals surface area contributed by atoms with Crippen LogP contribution in [0.2, 0.25) is 0 Å². The fourth-order valence-electron chi connectivity index (χ4n) is 3.83. The molecule has 1 saturated heterocycles. The van der Waals surface area contributed by atoms with E-state index in [1.807, 2.05) is 37.4 Å². The molecule has 0 saturated carbocycles. The summed E-state index contributed by atoms with van der Waals surface area (Å²) in [7, 11) is 3.70. The van der Waals surface area contributed by atoms with E-state index in [2.05, 4.69) is 22.0 Å². The lowest BCUT2D eigenvalue weighted by atomic mass is 10.1.